The van der Waals surface area contributed by atoms with E-state index in [9.17, 15) is 14.9 Å². The highest BCUT2D eigenvalue weighted by Crippen LogP contribution is 2.22. The smallest absolute Gasteiger partial charge is 0.321 e. The van der Waals surface area contributed by atoms with Gasteiger partial charge in [0.25, 0.3) is 5.69 Å². The van der Waals surface area contributed by atoms with Gasteiger partial charge in [-0.15, -0.1) is 0 Å². The quantitative estimate of drug-likeness (QED) is 0.567. The molecule has 0 radical (unpaired) electrons. The summed E-state index contributed by atoms with van der Waals surface area (Å²) in [5.41, 5.74) is 1.66. The van der Waals surface area contributed by atoms with Gasteiger partial charge < -0.3 is 10.4 Å². The minimum absolute atomic E-state index is 0.00443. The summed E-state index contributed by atoms with van der Waals surface area (Å²) in [4.78, 5) is 20.9. The second-order valence-corrected chi connectivity index (χ2v) is 3.69. The maximum atomic E-state index is 10.8. The monoisotopic (exact) mass is 222 g/mol. The Morgan fingerprint density at radius 3 is 2.88 bits per heavy atom. The first kappa shape index (κ1) is 10.6. The Hall–Kier alpha value is -1.95. The molecule has 1 aromatic carbocycles. The molecule has 1 aliphatic heterocycles. The average molecular weight is 222 g/mol. The highest BCUT2D eigenvalue weighted by Gasteiger charge is 2.24. The predicted molar refractivity (Wildman–Crippen MR) is 55.1 cm³/mol. The van der Waals surface area contributed by atoms with Crippen molar-refractivity contribution in [3.63, 3.8) is 0 Å². The summed E-state index contributed by atoms with van der Waals surface area (Å²) >= 11 is 0. The van der Waals surface area contributed by atoms with Crippen molar-refractivity contribution in [3.05, 3.63) is 39.4 Å². The lowest BCUT2D eigenvalue weighted by molar-refractivity contribution is -0.384. The number of carboxylic acid groups (broad SMARTS) is 1. The molecule has 1 aliphatic rings. The maximum Gasteiger partial charge on any atom is 0.321 e. The van der Waals surface area contributed by atoms with Crippen LogP contribution in [0.25, 0.3) is 0 Å². The molecule has 0 spiro atoms. The third kappa shape index (κ3) is 1.87. The number of non-ortho nitro benzene ring substituents is 1. The number of hydrogen-bond donors (Lipinski definition) is 2. The molecule has 84 valence electrons. The number of rotatable bonds is 2. The number of aliphatic carboxylic acids is 1. The molecule has 2 N–H and O–H groups in total. The highest BCUT2D eigenvalue weighted by molar-refractivity contribution is 5.74. The third-order valence-electron chi connectivity index (χ3n) is 2.66. The van der Waals surface area contributed by atoms with Gasteiger partial charge in [-0.05, 0) is 17.5 Å². The molecule has 0 aliphatic carbocycles. The Balaban J connectivity index is 2.32. The molecule has 1 atom stereocenters. The van der Waals surface area contributed by atoms with Crippen LogP contribution in [0.3, 0.4) is 0 Å². The van der Waals surface area contributed by atoms with Crippen LogP contribution in [0.15, 0.2) is 18.2 Å². The van der Waals surface area contributed by atoms with Crippen LogP contribution in [0.4, 0.5) is 5.69 Å². The zero-order valence-electron chi connectivity index (χ0n) is 8.34. The van der Waals surface area contributed by atoms with Crippen molar-refractivity contribution < 1.29 is 14.8 Å². The molecule has 0 fully saturated rings. The van der Waals surface area contributed by atoms with Gasteiger partial charge in [-0.25, -0.2) is 0 Å². The number of nitro groups is 1. The number of benzene rings is 1. The largest absolute Gasteiger partial charge is 0.480 e. The molecular weight excluding hydrogens is 212 g/mol. The van der Waals surface area contributed by atoms with Crippen LogP contribution in [0.2, 0.25) is 0 Å². The Bertz CT molecular complexity index is 458. The van der Waals surface area contributed by atoms with Crippen LogP contribution in [0.1, 0.15) is 11.1 Å². The van der Waals surface area contributed by atoms with E-state index in [4.69, 9.17) is 5.11 Å². The van der Waals surface area contributed by atoms with Gasteiger partial charge >= 0.3 is 5.97 Å². The molecule has 0 aromatic heterocycles. The number of carbonyl (C=O) groups is 1. The van der Waals surface area contributed by atoms with Gasteiger partial charge in [-0.1, -0.05) is 6.07 Å². The van der Waals surface area contributed by atoms with E-state index in [0.717, 1.165) is 11.1 Å². The summed E-state index contributed by atoms with van der Waals surface area (Å²) < 4.78 is 0. The zero-order valence-corrected chi connectivity index (χ0v) is 8.34. The van der Waals surface area contributed by atoms with Gasteiger partial charge in [0.15, 0.2) is 0 Å². The number of nitrogens with zero attached hydrogens (tertiary/aromatic N) is 1. The van der Waals surface area contributed by atoms with Gasteiger partial charge in [0.2, 0.25) is 0 Å². The zero-order chi connectivity index (χ0) is 11.7. The molecule has 0 amide bonds. The summed E-state index contributed by atoms with van der Waals surface area (Å²) in [5, 5.41) is 22.3. The van der Waals surface area contributed by atoms with Crippen LogP contribution < -0.4 is 5.32 Å². The van der Waals surface area contributed by atoms with E-state index >= 15 is 0 Å². The molecule has 1 aromatic rings. The first-order valence-electron chi connectivity index (χ1n) is 4.80. The lowest BCUT2D eigenvalue weighted by Gasteiger charge is -2.22. The minimum Gasteiger partial charge on any atom is -0.480 e. The van der Waals surface area contributed by atoms with Crippen molar-refractivity contribution in [1.29, 1.82) is 0 Å². The van der Waals surface area contributed by atoms with Crippen LogP contribution in [-0.4, -0.2) is 22.0 Å². The summed E-state index contributed by atoms with van der Waals surface area (Å²) in [5.74, 6) is -0.933. The van der Waals surface area contributed by atoms with E-state index < -0.39 is 16.9 Å². The summed E-state index contributed by atoms with van der Waals surface area (Å²) in [7, 11) is 0. The Morgan fingerprint density at radius 1 is 1.50 bits per heavy atom. The fourth-order valence-corrected chi connectivity index (χ4v) is 1.79. The predicted octanol–water partition coefficient (Wildman–Crippen LogP) is 0.694. The van der Waals surface area contributed by atoms with Gasteiger partial charge in [0, 0.05) is 18.7 Å². The normalized spacial score (nSPS) is 18.9. The fourth-order valence-electron chi connectivity index (χ4n) is 1.79. The first-order chi connectivity index (χ1) is 7.58. The molecule has 0 bridgehead atoms. The van der Waals surface area contributed by atoms with Crippen molar-refractivity contribution in [2.75, 3.05) is 0 Å². The van der Waals surface area contributed by atoms with Crippen molar-refractivity contribution in [2.45, 2.75) is 19.0 Å². The van der Waals surface area contributed by atoms with Crippen LogP contribution in [0, 0.1) is 10.1 Å². The summed E-state index contributed by atoms with van der Waals surface area (Å²) in [6.45, 7) is 0.435. The number of nitro benzene ring substituents is 1. The third-order valence-corrected chi connectivity index (χ3v) is 2.66. The van der Waals surface area contributed by atoms with E-state index in [1.54, 1.807) is 6.07 Å². The van der Waals surface area contributed by atoms with E-state index in [1.807, 2.05) is 0 Å². The molecule has 1 unspecified atom stereocenters. The second-order valence-electron chi connectivity index (χ2n) is 3.69. The molecule has 6 nitrogen and oxygen atoms in total. The van der Waals surface area contributed by atoms with Gasteiger partial charge in [-0.3, -0.25) is 14.9 Å². The number of hydrogen-bond acceptors (Lipinski definition) is 4. The van der Waals surface area contributed by atoms with E-state index in [0.29, 0.717) is 6.54 Å². The first-order valence-corrected chi connectivity index (χ1v) is 4.80. The van der Waals surface area contributed by atoms with Crippen LogP contribution >= 0.6 is 0 Å². The molecule has 6 heteroatoms. The van der Waals surface area contributed by atoms with Gasteiger partial charge in [0.05, 0.1) is 4.92 Å². The van der Waals surface area contributed by atoms with Gasteiger partial charge in [-0.2, -0.15) is 0 Å². The standard InChI is InChI=1S/C10H10N2O4/c13-10(14)9-4-7-3-8(12(15)16)2-1-6(7)5-11-9/h1-3,9,11H,4-5H2,(H,13,14). The lowest BCUT2D eigenvalue weighted by atomic mass is 9.95. The molecule has 16 heavy (non-hydrogen) atoms. The minimum atomic E-state index is -0.933. The molecule has 2 rings (SSSR count). The molecule has 0 saturated heterocycles. The lowest BCUT2D eigenvalue weighted by Crippen LogP contribution is -2.41. The van der Waals surface area contributed by atoms with Crippen LogP contribution in [-0.2, 0) is 17.8 Å². The van der Waals surface area contributed by atoms with E-state index in [2.05, 4.69) is 5.32 Å². The highest BCUT2D eigenvalue weighted by atomic mass is 16.6. The van der Waals surface area contributed by atoms with E-state index in [1.165, 1.54) is 12.1 Å². The Labute approximate surface area is 91.0 Å². The SMILES string of the molecule is O=C(O)C1Cc2cc([N+](=O)[O-])ccc2CN1. The Morgan fingerprint density at radius 2 is 2.25 bits per heavy atom. The summed E-state index contributed by atoms with van der Waals surface area (Å²) in [6.07, 6.45) is 0.284. The maximum absolute atomic E-state index is 10.8. The van der Waals surface area contributed by atoms with Crippen molar-refractivity contribution in [3.8, 4) is 0 Å². The van der Waals surface area contributed by atoms with Crippen molar-refractivity contribution in [1.82, 2.24) is 5.32 Å². The van der Waals surface area contributed by atoms with Crippen molar-refractivity contribution in [2.24, 2.45) is 0 Å². The van der Waals surface area contributed by atoms with E-state index in [-0.39, 0.29) is 12.1 Å². The van der Waals surface area contributed by atoms with Gasteiger partial charge in [0.1, 0.15) is 6.04 Å². The number of fused-ring (bicyclic) bond motifs is 1. The number of carboxylic acids is 1. The molecular formula is C10H10N2O4. The number of nitrogens with one attached hydrogen (secondary N) is 1. The second kappa shape index (κ2) is 3.90. The average Bonchev–Trinajstić information content (AvgIpc) is 2.27. The molecule has 0 saturated carbocycles. The summed E-state index contributed by atoms with van der Waals surface area (Å²) in [6, 6.07) is 3.89. The fraction of sp³-hybridized carbons (Fsp3) is 0.300. The topological polar surface area (TPSA) is 92.5 Å². The Kier molecular flexibility index (Phi) is 2.57. The van der Waals surface area contributed by atoms with Crippen LogP contribution in [0.5, 0.6) is 0 Å². The molecule has 1 heterocycles. The van der Waals surface area contributed by atoms with Crippen molar-refractivity contribution >= 4 is 11.7 Å².